The molecule has 0 unspecified atom stereocenters. The van der Waals surface area contributed by atoms with Gasteiger partial charge in [0.1, 0.15) is 5.41 Å². The molecule has 0 heterocycles. The van der Waals surface area contributed by atoms with Gasteiger partial charge in [-0.05, 0) is 12.8 Å². The van der Waals surface area contributed by atoms with Gasteiger partial charge in [-0.1, -0.05) is 6.42 Å². The number of hydrogen-bond donors (Lipinski definition) is 2. The molecule has 0 radical (unpaired) electrons. The lowest BCUT2D eigenvalue weighted by atomic mass is 9.68. The summed E-state index contributed by atoms with van der Waals surface area (Å²) in [6.45, 7) is 0.244. The van der Waals surface area contributed by atoms with Gasteiger partial charge in [-0.25, -0.2) is 0 Å². The molecule has 6 nitrogen and oxygen atoms in total. The Morgan fingerprint density at radius 3 is 2.29 bits per heavy atom. The number of rotatable bonds is 5. The first kappa shape index (κ1) is 13.5. The minimum absolute atomic E-state index is 0.164. The Morgan fingerprint density at radius 2 is 1.94 bits per heavy atom. The molecule has 0 bridgehead atoms. The summed E-state index contributed by atoms with van der Waals surface area (Å²) in [5.41, 5.74) is -1.24. The Balaban J connectivity index is 2.57. The van der Waals surface area contributed by atoms with Crippen molar-refractivity contribution in [2.24, 2.45) is 5.41 Å². The van der Waals surface area contributed by atoms with Crippen LogP contribution in [0.25, 0.3) is 0 Å². The minimum atomic E-state index is -1.24. The average molecular weight is 242 g/mol. The summed E-state index contributed by atoms with van der Waals surface area (Å²) in [5, 5.41) is 11.6. The first-order valence-corrected chi connectivity index (χ1v) is 5.63. The van der Waals surface area contributed by atoms with E-state index in [2.05, 4.69) is 5.32 Å². The van der Waals surface area contributed by atoms with Crippen molar-refractivity contribution in [1.82, 2.24) is 10.2 Å². The van der Waals surface area contributed by atoms with Crippen LogP contribution in [-0.2, 0) is 14.4 Å². The lowest BCUT2D eigenvalue weighted by Crippen LogP contribution is -2.52. The molecule has 2 N–H and O–H groups in total. The van der Waals surface area contributed by atoms with Crippen LogP contribution < -0.4 is 5.32 Å². The average Bonchev–Trinajstić information content (AvgIpc) is 2.22. The van der Waals surface area contributed by atoms with Crippen LogP contribution in [0.3, 0.4) is 0 Å². The molecule has 1 fully saturated rings. The van der Waals surface area contributed by atoms with Crippen LogP contribution in [0, 0.1) is 5.41 Å². The molecule has 0 saturated heterocycles. The van der Waals surface area contributed by atoms with E-state index < -0.39 is 11.4 Å². The van der Waals surface area contributed by atoms with Crippen LogP contribution in [0.4, 0.5) is 0 Å². The number of carboxylic acid groups (broad SMARTS) is 1. The van der Waals surface area contributed by atoms with Crippen molar-refractivity contribution in [2.45, 2.75) is 25.7 Å². The number of carboxylic acids is 1. The molecule has 0 aliphatic heterocycles. The maximum Gasteiger partial charge on any atom is 0.319 e. The van der Waals surface area contributed by atoms with Gasteiger partial charge >= 0.3 is 5.97 Å². The molecular weight excluding hydrogens is 224 g/mol. The molecule has 1 saturated carbocycles. The Labute approximate surface area is 100.0 Å². The van der Waals surface area contributed by atoms with Crippen molar-refractivity contribution in [3.8, 4) is 0 Å². The summed E-state index contributed by atoms with van der Waals surface area (Å²) in [6, 6.07) is 0. The fourth-order valence-corrected chi connectivity index (χ4v) is 1.91. The highest BCUT2D eigenvalue weighted by atomic mass is 16.4. The third kappa shape index (κ3) is 2.57. The number of hydrogen-bond acceptors (Lipinski definition) is 3. The van der Waals surface area contributed by atoms with Crippen LogP contribution in [0.5, 0.6) is 0 Å². The van der Waals surface area contributed by atoms with Crippen LogP contribution in [-0.4, -0.2) is 48.4 Å². The van der Waals surface area contributed by atoms with Gasteiger partial charge in [0, 0.05) is 27.1 Å². The van der Waals surface area contributed by atoms with Gasteiger partial charge in [-0.15, -0.1) is 0 Å². The Hall–Kier alpha value is -1.59. The number of carbonyl (C=O) groups excluding carboxylic acids is 2. The standard InChI is InChI=1S/C11H18N2O4/c1-12-8(14)4-7-13(2)9(15)11(10(16)17)5-3-6-11/h3-7H2,1-2H3,(H,12,14)(H,16,17). The summed E-state index contributed by atoms with van der Waals surface area (Å²) in [6.07, 6.45) is 1.74. The van der Waals surface area contributed by atoms with Crippen molar-refractivity contribution in [2.75, 3.05) is 20.6 Å². The Bertz CT molecular complexity index is 336. The maximum atomic E-state index is 12.0. The maximum absolute atomic E-state index is 12.0. The second-order valence-electron chi connectivity index (χ2n) is 4.39. The normalized spacial score (nSPS) is 16.8. The third-order valence-corrected chi connectivity index (χ3v) is 3.33. The van der Waals surface area contributed by atoms with Crippen molar-refractivity contribution < 1.29 is 19.5 Å². The molecule has 0 aromatic carbocycles. The SMILES string of the molecule is CNC(=O)CCN(C)C(=O)C1(C(=O)O)CCC1. The predicted molar refractivity (Wildman–Crippen MR) is 60.2 cm³/mol. The number of nitrogens with one attached hydrogen (secondary N) is 1. The number of carbonyl (C=O) groups is 3. The third-order valence-electron chi connectivity index (χ3n) is 3.33. The van der Waals surface area contributed by atoms with E-state index >= 15 is 0 Å². The molecular formula is C11H18N2O4. The first-order chi connectivity index (χ1) is 7.94. The quantitative estimate of drug-likeness (QED) is 0.656. The highest BCUT2D eigenvalue weighted by Crippen LogP contribution is 2.42. The molecule has 17 heavy (non-hydrogen) atoms. The zero-order chi connectivity index (χ0) is 13.1. The van der Waals surface area contributed by atoms with E-state index in [9.17, 15) is 14.4 Å². The van der Waals surface area contributed by atoms with E-state index in [0.717, 1.165) is 6.42 Å². The van der Waals surface area contributed by atoms with Crippen molar-refractivity contribution in [3.05, 3.63) is 0 Å². The summed E-state index contributed by atoms with van der Waals surface area (Å²) < 4.78 is 0. The smallest absolute Gasteiger partial charge is 0.319 e. The van der Waals surface area contributed by atoms with Gasteiger partial charge in [-0.2, -0.15) is 0 Å². The zero-order valence-electron chi connectivity index (χ0n) is 10.2. The molecule has 0 atom stereocenters. The van der Waals surface area contributed by atoms with Crippen molar-refractivity contribution in [3.63, 3.8) is 0 Å². The van der Waals surface area contributed by atoms with Gasteiger partial charge in [-0.3, -0.25) is 14.4 Å². The van der Waals surface area contributed by atoms with E-state index in [-0.39, 0.29) is 24.8 Å². The summed E-state index contributed by atoms with van der Waals surface area (Å²) in [7, 11) is 3.06. The Morgan fingerprint density at radius 1 is 1.35 bits per heavy atom. The highest BCUT2D eigenvalue weighted by molar-refractivity contribution is 6.02. The van der Waals surface area contributed by atoms with Crippen LogP contribution in [0.2, 0.25) is 0 Å². The molecule has 2 amide bonds. The van der Waals surface area contributed by atoms with E-state index in [4.69, 9.17) is 5.11 Å². The highest BCUT2D eigenvalue weighted by Gasteiger charge is 2.52. The van der Waals surface area contributed by atoms with E-state index in [1.807, 2.05) is 0 Å². The molecule has 0 aromatic rings. The fraction of sp³-hybridized carbons (Fsp3) is 0.727. The second kappa shape index (κ2) is 5.16. The fourth-order valence-electron chi connectivity index (χ4n) is 1.91. The molecule has 0 spiro atoms. The molecule has 1 aliphatic carbocycles. The number of nitrogens with zero attached hydrogens (tertiary/aromatic N) is 1. The summed E-state index contributed by atoms with van der Waals surface area (Å²) in [5.74, 6) is -1.61. The summed E-state index contributed by atoms with van der Waals surface area (Å²) >= 11 is 0. The topological polar surface area (TPSA) is 86.7 Å². The van der Waals surface area contributed by atoms with Crippen LogP contribution in [0.15, 0.2) is 0 Å². The van der Waals surface area contributed by atoms with Crippen LogP contribution in [0.1, 0.15) is 25.7 Å². The second-order valence-corrected chi connectivity index (χ2v) is 4.39. The molecule has 96 valence electrons. The predicted octanol–water partition coefficient (Wildman–Crippen LogP) is -0.164. The number of aliphatic carboxylic acids is 1. The van der Waals surface area contributed by atoms with Gasteiger partial charge < -0.3 is 15.3 Å². The number of amides is 2. The van der Waals surface area contributed by atoms with E-state index in [1.165, 1.54) is 19.0 Å². The Kier molecular flexibility index (Phi) is 4.09. The molecule has 1 aliphatic rings. The van der Waals surface area contributed by atoms with Gasteiger partial charge in [0.25, 0.3) is 0 Å². The molecule has 1 rings (SSSR count). The van der Waals surface area contributed by atoms with Crippen molar-refractivity contribution >= 4 is 17.8 Å². The van der Waals surface area contributed by atoms with Gasteiger partial charge in [0.2, 0.25) is 11.8 Å². The zero-order valence-corrected chi connectivity index (χ0v) is 10.2. The largest absolute Gasteiger partial charge is 0.480 e. The van der Waals surface area contributed by atoms with E-state index in [1.54, 1.807) is 0 Å². The monoisotopic (exact) mass is 242 g/mol. The van der Waals surface area contributed by atoms with Gasteiger partial charge in [0.15, 0.2) is 0 Å². The first-order valence-electron chi connectivity index (χ1n) is 5.63. The van der Waals surface area contributed by atoms with E-state index in [0.29, 0.717) is 12.8 Å². The van der Waals surface area contributed by atoms with Gasteiger partial charge in [0.05, 0.1) is 0 Å². The van der Waals surface area contributed by atoms with Crippen molar-refractivity contribution in [1.29, 1.82) is 0 Å². The lowest BCUT2D eigenvalue weighted by Gasteiger charge is -2.38. The minimum Gasteiger partial charge on any atom is -0.480 e. The summed E-state index contributed by atoms with van der Waals surface area (Å²) in [4.78, 5) is 35.5. The lowest BCUT2D eigenvalue weighted by molar-refractivity contribution is -0.166. The molecule has 0 aromatic heterocycles. The molecule has 6 heteroatoms. The van der Waals surface area contributed by atoms with Crippen LogP contribution >= 0.6 is 0 Å².